The van der Waals surface area contributed by atoms with Crippen molar-refractivity contribution < 1.29 is 4.39 Å². The molecule has 3 aromatic rings. The van der Waals surface area contributed by atoms with Crippen LogP contribution < -0.4 is 11.1 Å². The lowest BCUT2D eigenvalue weighted by Crippen LogP contribution is -2.02. The summed E-state index contributed by atoms with van der Waals surface area (Å²) >= 11 is 3.29. The average Bonchev–Trinajstić information content (AvgIpc) is 2.42. The van der Waals surface area contributed by atoms with E-state index in [9.17, 15) is 4.39 Å². The van der Waals surface area contributed by atoms with Crippen molar-refractivity contribution in [3.63, 3.8) is 0 Å². The summed E-state index contributed by atoms with van der Waals surface area (Å²) in [5, 5.41) is 3.05. The van der Waals surface area contributed by atoms with Crippen LogP contribution in [0, 0.1) is 5.82 Å². The molecule has 0 aliphatic heterocycles. The third-order valence-corrected chi connectivity index (χ3v) is 3.44. The largest absolute Gasteiger partial charge is 0.381 e. The number of rotatable bonds is 2. The normalized spacial score (nSPS) is 10.7. The summed E-state index contributed by atoms with van der Waals surface area (Å²) in [6, 6.07) is 11.8. The van der Waals surface area contributed by atoms with Gasteiger partial charge in [-0.1, -0.05) is 12.1 Å². The fraction of sp³-hybridized carbons (Fsp3) is 0. The number of aromatic nitrogens is 2. The number of anilines is 3. The molecule has 0 unspecified atom stereocenters. The first-order valence-electron chi connectivity index (χ1n) is 5.88. The quantitative estimate of drug-likeness (QED) is 0.748. The number of para-hydroxylation sites is 2. The number of hydrogen-bond acceptors (Lipinski definition) is 4. The van der Waals surface area contributed by atoms with Gasteiger partial charge in [-0.05, 0) is 46.3 Å². The smallest absolute Gasteiger partial charge is 0.174 e. The first-order valence-corrected chi connectivity index (χ1v) is 6.67. The van der Waals surface area contributed by atoms with Crippen LogP contribution in [0.25, 0.3) is 11.0 Å². The Kier molecular flexibility index (Phi) is 3.23. The lowest BCUT2D eigenvalue weighted by atomic mass is 10.3. The van der Waals surface area contributed by atoms with E-state index in [-0.39, 0.29) is 5.82 Å². The van der Waals surface area contributed by atoms with Crippen molar-refractivity contribution in [1.29, 1.82) is 0 Å². The molecule has 2 aromatic carbocycles. The van der Waals surface area contributed by atoms with Gasteiger partial charge >= 0.3 is 0 Å². The van der Waals surface area contributed by atoms with E-state index in [1.165, 1.54) is 12.1 Å². The SMILES string of the molecule is Nc1nc2ccccc2nc1Nc1ccc(F)cc1Br. The lowest BCUT2D eigenvalue weighted by molar-refractivity contribution is 0.627. The second kappa shape index (κ2) is 5.05. The third-order valence-electron chi connectivity index (χ3n) is 2.78. The second-order valence-corrected chi connectivity index (χ2v) is 5.05. The van der Waals surface area contributed by atoms with E-state index in [0.29, 0.717) is 21.8 Å². The topological polar surface area (TPSA) is 63.8 Å². The van der Waals surface area contributed by atoms with E-state index < -0.39 is 0 Å². The molecule has 0 aliphatic rings. The van der Waals surface area contributed by atoms with Gasteiger partial charge in [-0.2, -0.15) is 0 Å². The molecular weight excluding hydrogens is 323 g/mol. The van der Waals surface area contributed by atoms with Gasteiger partial charge in [0.1, 0.15) is 5.82 Å². The molecule has 0 radical (unpaired) electrons. The maximum Gasteiger partial charge on any atom is 0.174 e. The Balaban J connectivity index is 2.03. The summed E-state index contributed by atoms with van der Waals surface area (Å²) in [6.07, 6.45) is 0. The number of nitrogen functional groups attached to an aromatic ring is 1. The minimum absolute atomic E-state index is 0.292. The molecule has 0 bridgehead atoms. The van der Waals surface area contributed by atoms with Crippen molar-refractivity contribution in [3.05, 3.63) is 52.8 Å². The van der Waals surface area contributed by atoms with Crippen LogP contribution in [0.4, 0.5) is 21.7 Å². The van der Waals surface area contributed by atoms with Gasteiger partial charge in [0.15, 0.2) is 11.6 Å². The number of benzene rings is 2. The summed E-state index contributed by atoms with van der Waals surface area (Å²) in [6.45, 7) is 0. The highest BCUT2D eigenvalue weighted by Crippen LogP contribution is 2.28. The van der Waals surface area contributed by atoms with Crippen LogP contribution >= 0.6 is 15.9 Å². The van der Waals surface area contributed by atoms with E-state index in [4.69, 9.17) is 5.73 Å². The molecule has 3 N–H and O–H groups in total. The molecule has 0 fully saturated rings. The number of nitrogens with zero attached hydrogens (tertiary/aromatic N) is 2. The minimum Gasteiger partial charge on any atom is -0.381 e. The molecule has 4 nitrogen and oxygen atoms in total. The Morgan fingerprint density at radius 2 is 1.75 bits per heavy atom. The Bertz CT molecular complexity index is 791. The predicted molar refractivity (Wildman–Crippen MR) is 81.3 cm³/mol. The van der Waals surface area contributed by atoms with Crippen LogP contribution in [-0.2, 0) is 0 Å². The van der Waals surface area contributed by atoms with Gasteiger partial charge in [0.05, 0.1) is 16.7 Å². The molecule has 1 heterocycles. The fourth-order valence-corrected chi connectivity index (χ4v) is 2.27. The Morgan fingerprint density at radius 1 is 1.05 bits per heavy atom. The van der Waals surface area contributed by atoms with Crippen LogP contribution in [0.3, 0.4) is 0 Å². The highest BCUT2D eigenvalue weighted by molar-refractivity contribution is 9.10. The molecule has 0 aliphatic carbocycles. The lowest BCUT2D eigenvalue weighted by Gasteiger charge is -2.10. The van der Waals surface area contributed by atoms with Crippen LogP contribution in [0.5, 0.6) is 0 Å². The zero-order valence-electron chi connectivity index (χ0n) is 10.3. The van der Waals surface area contributed by atoms with Crippen molar-refractivity contribution >= 4 is 44.3 Å². The molecule has 20 heavy (non-hydrogen) atoms. The number of fused-ring (bicyclic) bond motifs is 1. The van der Waals surface area contributed by atoms with E-state index in [0.717, 1.165) is 11.0 Å². The number of halogens is 2. The first-order chi connectivity index (χ1) is 9.63. The zero-order valence-corrected chi connectivity index (χ0v) is 11.9. The van der Waals surface area contributed by atoms with Gasteiger partial charge < -0.3 is 11.1 Å². The average molecular weight is 333 g/mol. The summed E-state index contributed by atoms with van der Waals surface area (Å²) in [5.41, 5.74) is 8.03. The minimum atomic E-state index is -0.319. The number of hydrogen-bond donors (Lipinski definition) is 2. The molecule has 0 amide bonds. The monoisotopic (exact) mass is 332 g/mol. The Labute approximate surface area is 123 Å². The van der Waals surface area contributed by atoms with Gasteiger partial charge in [0, 0.05) is 4.47 Å². The molecule has 1 aromatic heterocycles. The molecule has 0 saturated carbocycles. The van der Waals surface area contributed by atoms with Crippen molar-refractivity contribution in [2.24, 2.45) is 0 Å². The molecular formula is C14H10BrFN4. The van der Waals surface area contributed by atoms with Gasteiger partial charge in [-0.15, -0.1) is 0 Å². The highest BCUT2D eigenvalue weighted by atomic mass is 79.9. The van der Waals surface area contributed by atoms with Gasteiger partial charge in [0.2, 0.25) is 0 Å². The Hall–Kier alpha value is -2.21. The number of nitrogens with two attached hydrogens (primary N) is 1. The summed E-state index contributed by atoms with van der Waals surface area (Å²) < 4.78 is 13.7. The fourth-order valence-electron chi connectivity index (χ4n) is 1.82. The van der Waals surface area contributed by atoms with E-state index in [2.05, 4.69) is 31.2 Å². The predicted octanol–water partition coefficient (Wildman–Crippen LogP) is 3.86. The maximum atomic E-state index is 13.1. The molecule has 100 valence electrons. The molecule has 3 rings (SSSR count). The standard InChI is InChI=1S/C14H10BrFN4/c15-9-7-8(16)5-6-10(9)19-14-13(17)18-11-3-1-2-4-12(11)20-14/h1-7H,(H2,17,18)(H,19,20). The summed E-state index contributed by atoms with van der Waals surface area (Å²) in [4.78, 5) is 8.70. The van der Waals surface area contributed by atoms with E-state index in [1.807, 2.05) is 24.3 Å². The van der Waals surface area contributed by atoms with Crippen LogP contribution in [0.2, 0.25) is 0 Å². The molecule has 0 spiro atoms. The number of nitrogens with one attached hydrogen (secondary N) is 1. The second-order valence-electron chi connectivity index (χ2n) is 4.20. The van der Waals surface area contributed by atoms with Crippen molar-refractivity contribution in [3.8, 4) is 0 Å². The third kappa shape index (κ3) is 2.42. The van der Waals surface area contributed by atoms with Crippen molar-refractivity contribution in [2.75, 3.05) is 11.1 Å². The van der Waals surface area contributed by atoms with Crippen LogP contribution in [0.15, 0.2) is 46.9 Å². The van der Waals surface area contributed by atoms with E-state index in [1.54, 1.807) is 6.07 Å². The molecule has 0 saturated heterocycles. The van der Waals surface area contributed by atoms with Gasteiger partial charge in [0.25, 0.3) is 0 Å². The Morgan fingerprint density at radius 3 is 2.45 bits per heavy atom. The molecule has 6 heteroatoms. The first kappa shape index (κ1) is 12.8. The van der Waals surface area contributed by atoms with Crippen molar-refractivity contribution in [2.45, 2.75) is 0 Å². The highest BCUT2D eigenvalue weighted by Gasteiger charge is 2.08. The summed E-state index contributed by atoms with van der Waals surface area (Å²) in [5.74, 6) is 0.413. The zero-order chi connectivity index (χ0) is 14.1. The van der Waals surface area contributed by atoms with Crippen LogP contribution in [-0.4, -0.2) is 9.97 Å². The van der Waals surface area contributed by atoms with Gasteiger partial charge in [-0.25, -0.2) is 14.4 Å². The van der Waals surface area contributed by atoms with Gasteiger partial charge in [-0.3, -0.25) is 0 Å². The maximum absolute atomic E-state index is 13.1. The van der Waals surface area contributed by atoms with Crippen LogP contribution in [0.1, 0.15) is 0 Å². The van der Waals surface area contributed by atoms with E-state index >= 15 is 0 Å². The van der Waals surface area contributed by atoms with Crippen molar-refractivity contribution in [1.82, 2.24) is 9.97 Å². The summed E-state index contributed by atoms with van der Waals surface area (Å²) in [7, 11) is 0. The molecule has 0 atom stereocenters.